The summed E-state index contributed by atoms with van der Waals surface area (Å²) in [6, 6.07) is 0. The van der Waals surface area contributed by atoms with Crippen molar-refractivity contribution in [2.24, 2.45) is 39.5 Å². The summed E-state index contributed by atoms with van der Waals surface area (Å²) < 4.78 is 112. The fraction of sp³-hybridized carbons (Fsp3) is 0.656. The molecule has 0 aromatic rings. The molecule has 2 nitrogen and oxygen atoms in total. The van der Waals surface area contributed by atoms with Crippen LogP contribution in [0, 0.1) is 34.5 Å². The molecule has 2 fully saturated rings. The summed E-state index contributed by atoms with van der Waals surface area (Å²) in [5, 5.41) is 1.79. The topological polar surface area (TPSA) is 24.4 Å². The van der Waals surface area contributed by atoms with Crippen molar-refractivity contribution in [2.45, 2.75) is 98.7 Å². The van der Waals surface area contributed by atoms with E-state index in [0.29, 0.717) is 32.1 Å². The van der Waals surface area contributed by atoms with Gasteiger partial charge in [0.15, 0.2) is 0 Å². The van der Waals surface area contributed by atoms with Crippen LogP contribution in [-0.2, 0) is 0 Å². The normalized spacial score (nSPS) is 28.7. The molecule has 2 aliphatic carbocycles. The van der Waals surface area contributed by atoms with Gasteiger partial charge in [-0.25, -0.2) is 4.99 Å². The van der Waals surface area contributed by atoms with Gasteiger partial charge in [0.05, 0.1) is 0 Å². The number of rotatable bonds is 10. The minimum absolute atomic E-state index is 0.0356. The van der Waals surface area contributed by atoms with E-state index in [1.54, 1.807) is 18.3 Å². The highest BCUT2D eigenvalue weighted by atomic mass is 19.4. The Kier molecular flexibility index (Phi) is 13.5. The number of fused-ring (bicyclic) bond motifs is 1. The number of hydrogen-bond acceptors (Lipinski definition) is 2. The van der Waals surface area contributed by atoms with Crippen molar-refractivity contribution < 1.29 is 39.5 Å². The molecule has 2 aliphatic rings. The highest BCUT2D eigenvalue weighted by molar-refractivity contribution is 6.00. The maximum Gasteiger partial charge on any atom is 0.482 e. The second kappa shape index (κ2) is 15.0. The predicted molar refractivity (Wildman–Crippen MR) is 155 cm³/mol. The number of aliphatic imine (C=N–C) groups is 1. The van der Waals surface area contributed by atoms with Crippen LogP contribution >= 0.6 is 0 Å². The Bertz CT molecular complexity index is 1060. The van der Waals surface area contributed by atoms with E-state index in [2.05, 4.69) is 32.0 Å². The number of alkyl halides is 9. The minimum Gasteiger partial charge on any atom is -0.301 e. The van der Waals surface area contributed by atoms with E-state index in [0.717, 1.165) is 12.5 Å². The molecule has 2 rings (SSSR count). The van der Waals surface area contributed by atoms with Gasteiger partial charge >= 0.3 is 18.7 Å². The smallest absolute Gasteiger partial charge is 0.301 e. The van der Waals surface area contributed by atoms with Crippen molar-refractivity contribution in [3.8, 4) is 0 Å². The van der Waals surface area contributed by atoms with E-state index in [4.69, 9.17) is 0 Å². The summed E-state index contributed by atoms with van der Waals surface area (Å²) in [5.74, 6) is -0.0611. The van der Waals surface area contributed by atoms with Crippen LogP contribution in [0.3, 0.4) is 0 Å². The molecule has 4 unspecified atom stereocenters. The second-order valence-electron chi connectivity index (χ2n) is 12.0. The summed E-state index contributed by atoms with van der Waals surface area (Å²) in [6.45, 7) is 17.6. The van der Waals surface area contributed by atoms with Gasteiger partial charge in [-0.05, 0) is 74.3 Å². The Morgan fingerprint density at radius 3 is 2.05 bits per heavy atom. The molecule has 0 radical (unpaired) electrons. The van der Waals surface area contributed by atoms with Gasteiger partial charge in [-0.15, -0.1) is 0 Å². The van der Waals surface area contributed by atoms with Crippen LogP contribution < -0.4 is 5.32 Å². The van der Waals surface area contributed by atoms with Crippen molar-refractivity contribution in [1.29, 1.82) is 0 Å². The highest BCUT2D eigenvalue weighted by Crippen LogP contribution is 2.64. The summed E-state index contributed by atoms with van der Waals surface area (Å²) in [7, 11) is 0. The molecular formula is C32H45F9N2. The summed E-state index contributed by atoms with van der Waals surface area (Å²) in [5.41, 5.74) is -1.72. The minimum atomic E-state index is -4.60. The van der Waals surface area contributed by atoms with Gasteiger partial charge in [-0.2, -0.15) is 39.5 Å². The Labute approximate surface area is 250 Å². The lowest BCUT2D eigenvalue weighted by molar-refractivity contribution is -0.155. The molecular weight excluding hydrogens is 583 g/mol. The van der Waals surface area contributed by atoms with E-state index in [9.17, 15) is 39.5 Å². The van der Waals surface area contributed by atoms with E-state index < -0.39 is 29.8 Å². The largest absolute Gasteiger partial charge is 0.482 e. The van der Waals surface area contributed by atoms with Gasteiger partial charge in [0, 0.05) is 29.7 Å². The Morgan fingerprint density at radius 1 is 1.00 bits per heavy atom. The summed E-state index contributed by atoms with van der Waals surface area (Å²) >= 11 is 0. The first-order valence-corrected chi connectivity index (χ1v) is 14.4. The standard InChI is InChI=1S/C30H42F6N2.C2H3F3/c1-8-11-12-14-26(29(31,32)33)37-21(5)24-16-15-22-20(4)23(17-19-27(22,24)6)28(7,18-10-3)25(13-9-2)38-30(34,35)36;1-2(3,4)5/h8-9,11-14,20,22-24,38H,2,5,10,15-19H2,1,3-4,6-7H3;1H3/b11-8-,14-12-,25-13+,37-26?;/t20?,22?,23?,24?,27-,28+;/m0./s1. The zero-order valence-corrected chi connectivity index (χ0v) is 25.8. The molecule has 0 spiro atoms. The lowest BCUT2D eigenvalue weighted by Gasteiger charge is -2.53. The van der Waals surface area contributed by atoms with Gasteiger partial charge in [0.1, 0.15) is 5.71 Å². The maximum absolute atomic E-state index is 13.7. The van der Waals surface area contributed by atoms with Gasteiger partial charge in [0.25, 0.3) is 0 Å². The van der Waals surface area contributed by atoms with Crippen molar-refractivity contribution in [3.05, 3.63) is 61.0 Å². The number of halogens is 9. The highest BCUT2D eigenvalue weighted by Gasteiger charge is 2.57. The monoisotopic (exact) mass is 628 g/mol. The molecule has 0 aromatic heterocycles. The lowest BCUT2D eigenvalue weighted by Crippen LogP contribution is -2.49. The van der Waals surface area contributed by atoms with Crippen LogP contribution in [0.2, 0.25) is 0 Å². The van der Waals surface area contributed by atoms with Gasteiger partial charge in [0.2, 0.25) is 0 Å². The van der Waals surface area contributed by atoms with Gasteiger partial charge < -0.3 is 5.32 Å². The van der Waals surface area contributed by atoms with Crippen molar-refractivity contribution in [3.63, 3.8) is 0 Å². The van der Waals surface area contributed by atoms with Crippen LogP contribution in [0.4, 0.5) is 39.5 Å². The zero-order valence-electron chi connectivity index (χ0n) is 25.8. The molecule has 0 heterocycles. The Hall–Kier alpha value is -2.46. The molecule has 2 saturated carbocycles. The average Bonchev–Trinajstić information content (AvgIpc) is 3.19. The van der Waals surface area contributed by atoms with Crippen molar-refractivity contribution >= 4 is 5.71 Å². The van der Waals surface area contributed by atoms with Crippen molar-refractivity contribution in [1.82, 2.24) is 5.32 Å². The van der Waals surface area contributed by atoms with Crippen LogP contribution in [0.25, 0.3) is 0 Å². The first-order valence-electron chi connectivity index (χ1n) is 14.4. The SMILES string of the molecule is C=C/C=C(/NC(F)(F)F)[C@](C)(CCC)C1CC[C@]2(C)C(C(=C)N=C(/C=C\C=C/C)C(F)(F)F)CCC2C1C.CC(F)(F)F. The van der Waals surface area contributed by atoms with E-state index in [1.165, 1.54) is 24.3 Å². The number of hydrogen-bond donors (Lipinski definition) is 1. The van der Waals surface area contributed by atoms with Crippen LogP contribution in [0.15, 0.2) is 66.0 Å². The first-order chi connectivity index (χ1) is 19.5. The third-order valence-corrected chi connectivity index (χ3v) is 8.95. The van der Waals surface area contributed by atoms with E-state index in [-0.39, 0.29) is 47.4 Å². The third kappa shape index (κ3) is 10.9. The van der Waals surface area contributed by atoms with Crippen LogP contribution in [0.5, 0.6) is 0 Å². The van der Waals surface area contributed by atoms with Crippen LogP contribution in [0.1, 0.15) is 80.1 Å². The van der Waals surface area contributed by atoms with Gasteiger partial charge in [-0.1, -0.05) is 71.6 Å². The second-order valence-corrected chi connectivity index (χ2v) is 12.0. The molecule has 0 bridgehead atoms. The molecule has 6 atom stereocenters. The maximum atomic E-state index is 13.7. The van der Waals surface area contributed by atoms with E-state index in [1.807, 2.05) is 13.8 Å². The molecule has 11 heteroatoms. The molecule has 0 aromatic carbocycles. The lowest BCUT2D eigenvalue weighted by atomic mass is 9.52. The van der Waals surface area contributed by atoms with Gasteiger partial charge in [-0.3, -0.25) is 0 Å². The predicted octanol–water partition coefficient (Wildman–Crippen LogP) is 11.3. The third-order valence-electron chi connectivity index (χ3n) is 8.95. The molecule has 0 amide bonds. The fourth-order valence-electron chi connectivity index (χ4n) is 7.31. The fourth-order valence-corrected chi connectivity index (χ4v) is 7.31. The first kappa shape index (κ1) is 38.6. The quantitative estimate of drug-likeness (QED) is 0.111. The Balaban J connectivity index is 0.00000170. The van der Waals surface area contributed by atoms with Crippen molar-refractivity contribution in [2.75, 3.05) is 0 Å². The molecule has 0 aliphatic heterocycles. The van der Waals surface area contributed by atoms with E-state index >= 15 is 0 Å². The molecule has 1 N–H and O–H groups in total. The summed E-state index contributed by atoms with van der Waals surface area (Å²) in [6.07, 6.45) is -0.878. The average molecular weight is 629 g/mol. The number of nitrogens with one attached hydrogen (secondary N) is 1. The zero-order chi connectivity index (χ0) is 33.4. The number of allylic oxidation sites excluding steroid dienone is 8. The summed E-state index contributed by atoms with van der Waals surface area (Å²) in [4.78, 5) is 3.97. The van der Waals surface area contributed by atoms with Crippen LogP contribution in [-0.4, -0.2) is 24.4 Å². The molecule has 43 heavy (non-hydrogen) atoms. The Morgan fingerprint density at radius 2 is 1.58 bits per heavy atom. The molecule has 246 valence electrons. The number of nitrogens with zero attached hydrogens (tertiary/aromatic N) is 1. The molecule has 0 saturated heterocycles.